The van der Waals surface area contributed by atoms with Gasteiger partial charge in [-0.1, -0.05) is 53.1 Å². The minimum atomic E-state index is -1.22. The number of hydrogen-bond acceptors (Lipinski definition) is 2. The summed E-state index contributed by atoms with van der Waals surface area (Å²) in [4.78, 5) is 0. The van der Waals surface area contributed by atoms with Crippen LogP contribution < -0.4 is 37.7 Å². The maximum atomic E-state index is 4.94. The van der Waals surface area contributed by atoms with Crippen molar-refractivity contribution in [2.24, 2.45) is 10.8 Å². The molecule has 2 saturated heterocycles. The molecule has 0 aromatic carbocycles. The van der Waals surface area contributed by atoms with Crippen molar-refractivity contribution in [3.05, 3.63) is 61.4 Å². The number of rotatable bonds is 4. The van der Waals surface area contributed by atoms with Crippen molar-refractivity contribution in [2.75, 3.05) is 26.4 Å². The third-order valence-electron chi connectivity index (χ3n) is 8.51. The molecule has 5 aliphatic rings. The van der Waals surface area contributed by atoms with Crippen LogP contribution in [0.25, 0.3) is 0 Å². The van der Waals surface area contributed by atoms with E-state index in [9.17, 15) is 0 Å². The molecule has 0 aromatic heterocycles. The zero-order chi connectivity index (χ0) is 25.0. The van der Waals surface area contributed by atoms with Crippen LogP contribution in [0.5, 0.6) is 0 Å². The van der Waals surface area contributed by atoms with E-state index in [-0.39, 0.29) is 48.6 Å². The first-order valence-corrected chi connectivity index (χ1v) is 20.6. The first-order valence-electron chi connectivity index (χ1n) is 13.6. The van der Waals surface area contributed by atoms with E-state index in [0.29, 0.717) is 0 Å². The second kappa shape index (κ2) is 15.0. The van der Waals surface area contributed by atoms with Crippen LogP contribution in [0, 0.1) is 72.3 Å². The van der Waals surface area contributed by atoms with E-state index in [1.165, 1.54) is 38.5 Å². The van der Waals surface area contributed by atoms with E-state index in [1.54, 1.807) is 22.9 Å². The Labute approximate surface area is 252 Å². The van der Waals surface area contributed by atoms with Gasteiger partial charge in [-0.3, -0.25) is 0 Å². The Morgan fingerprint density at radius 1 is 0.556 bits per heavy atom. The van der Waals surface area contributed by atoms with Crippen LogP contribution in [0.2, 0.25) is 39.3 Å². The first kappa shape index (κ1) is 35.6. The molecular formula is C30H50Li2O2Si2+2. The van der Waals surface area contributed by atoms with E-state index in [4.69, 9.17) is 9.47 Å². The van der Waals surface area contributed by atoms with Crippen molar-refractivity contribution in [3.8, 4) is 0 Å². The average Bonchev–Trinajstić information content (AvgIpc) is 3.60. The molecule has 6 heteroatoms. The fraction of sp³-hybridized carbons (Fsp3) is 0.667. The summed E-state index contributed by atoms with van der Waals surface area (Å²) in [6.45, 7) is 23.7. The molecule has 0 aromatic rings. The predicted octanol–water partition coefficient (Wildman–Crippen LogP) is 1.70. The molecule has 0 spiro atoms. The standard InChI is InChI=1S/C22H34Si2.2C4H8O.2Li/c1-21(17-9-11-19(15-17)23(3,4)5)13-14-22(21,2)18-10-12-20(16-18)24(6,7)8;2*1-2-4-5-3-1;;/h9-12,15-16H,13-14H2,1-8H3;2*1-4H2;;/q;;;2*+1/t21-,22+;;;;. The van der Waals surface area contributed by atoms with Crippen molar-refractivity contribution in [3.63, 3.8) is 0 Å². The van der Waals surface area contributed by atoms with E-state index >= 15 is 0 Å². The molecule has 0 amide bonds. The van der Waals surface area contributed by atoms with Gasteiger partial charge in [0.1, 0.15) is 0 Å². The fourth-order valence-corrected chi connectivity index (χ4v) is 7.67. The Morgan fingerprint density at radius 2 is 0.861 bits per heavy atom. The molecule has 5 rings (SSSR count). The smallest absolute Gasteiger partial charge is 0.381 e. The van der Waals surface area contributed by atoms with Crippen LogP contribution in [0.15, 0.2) is 0 Å². The summed E-state index contributed by atoms with van der Waals surface area (Å²) in [6.07, 6.45) is 22.5. The van der Waals surface area contributed by atoms with Gasteiger partial charge in [-0.05, 0) is 111 Å². The third kappa shape index (κ3) is 8.77. The SMILES string of the molecule is C1CCOC1.C1CCOC1.C[C@@]1([C]2[CH][CH][C]([Si](C)(C)C)[CH]2)CC[C@]1(C)[C]1[CH][CH][C]([Si](C)(C)C)[CH]1.[Li+].[Li+]. The molecule has 3 saturated carbocycles. The van der Waals surface area contributed by atoms with E-state index < -0.39 is 16.1 Å². The first-order chi connectivity index (χ1) is 15.9. The van der Waals surface area contributed by atoms with E-state index in [0.717, 1.165) is 26.4 Å². The largest absolute Gasteiger partial charge is 1.00 e. The molecule has 0 unspecified atom stereocenters. The van der Waals surface area contributed by atoms with Gasteiger partial charge in [-0.15, -0.1) is 0 Å². The molecular weight excluding hydrogens is 462 g/mol. The maximum Gasteiger partial charge on any atom is 1.00 e. The maximum absolute atomic E-state index is 4.94. The van der Waals surface area contributed by atoms with Crippen molar-refractivity contribution >= 4 is 16.1 Å². The van der Waals surface area contributed by atoms with Crippen molar-refractivity contribution in [1.82, 2.24) is 0 Å². The average molecular weight is 513 g/mol. The zero-order valence-corrected chi connectivity index (χ0v) is 27.4. The van der Waals surface area contributed by atoms with Gasteiger partial charge in [0.15, 0.2) is 0 Å². The molecule has 3 aliphatic carbocycles. The molecule has 36 heavy (non-hydrogen) atoms. The molecule has 0 bridgehead atoms. The number of hydrogen-bond donors (Lipinski definition) is 0. The Balaban J connectivity index is 0.000000448. The fourth-order valence-electron chi connectivity index (χ4n) is 5.33. The molecule has 5 fully saturated rings. The van der Waals surface area contributed by atoms with Crippen LogP contribution in [-0.4, -0.2) is 42.6 Å². The van der Waals surface area contributed by atoms with Gasteiger partial charge in [-0.2, -0.15) is 0 Å². The van der Waals surface area contributed by atoms with Crippen molar-refractivity contribution < 1.29 is 47.2 Å². The van der Waals surface area contributed by atoms with Crippen molar-refractivity contribution in [2.45, 2.75) is 91.7 Å². The van der Waals surface area contributed by atoms with Gasteiger partial charge in [0.2, 0.25) is 0 Å². The van der Waals surface area contributed by atoms with E-state index in [2.05, 4.69) is 91.7 Å². The summed E-state index contributed by atoms with van der Waals surface area (Å²) < 4.78 is 9.89. The normalized spacial score (nSPS) is 32.0. The zero-order valence-electron chi connectivity index (χ0n) is 25.4. The monoisotopic (exact) mass is 512 g/mol. The summed E-state index contributed by atoms with van der Waals surface area (Å²) in [5, 5.41) is 0. The van der Waals surface area contributed by atoms with Crippen LogP contribution in [0.1, 0.15) is 52.4 Å². The molecule has 0 N–H and O–H groups in total. The minimum Gasteiger partial charge on any atom is -0.381 e. The quantitative estimate of drug-likeness (QED) is 0.534. The molecule has 2 atom stereocenters. The molecule has 2 nitrogen and oxygen atoms in total. The third-order valence-corrected chi connectivity index (χ3v) is 12.6. The van der Waals surface area contributed by atoms with Crippen LogP contribution >= 0.6 is 0 Å². The van der Waals surface area contributed by atoms with Crippen molar-refractivity contribution in [1.29, 1.82) is 0 Å². The Kier molecular flexibility index (Phi) is 14.8. The van der Waals surface area contributed by atoms with Crippen LogP contribution in [0.3, 0.4) is 0 Å². The summed E-state index contributed by atoms with van der Waals surface area (Å²) in [5.41, 5.74) is 3.79. The molecule has 2 aliphatic heterocycles. The predicted molar refractivity (Wildman–Crippen MR) is 151 cm³/mol. The molecule has 2 heterocycles. The second-order valence-electron chi connectivity index (χ2n) is 13.1. The second-order valence-corrected chi connectivity index (χ2v) is 23.2. The molecule has 10 radical (unpaired) electrons. The van der Waals surface area contributed by atoms with Gasteiger partial charge in [0, 0.05) is 26.4 Å². The van der Waals surface area contributed by atoms with Gasteiger partial charge in [0.05, 0.1) is 16.1 Å². The van der Waals surface area contributed by atoms with Gasteiger partial charge < -0.3 is 9.47 Å². The summed E-state index contributed by atoms with van der Waals surface area (Å²) >= 11 is 0. The van der Waals surface area contributed by atoms with Gasteiger partial charge in [-0.25, -0.2) is 0 Å². The molecule has 190 valence electrons. The minimum absolute atomic E-state index is 0. The Bertz CT molecular complexity index is 558. The van der Waals surface area contributed by atoms with Crippen LogP contribution in [-0.2, 0) is 9.47 Å². The van der Waals surface area contributed by atoms with Crippen LogP contribution in [0.4, 0.5) is 0 Å². The summed E-state index contributed by atoms with van der Waals surface area (Å²) in [7, 11) is -2.44. The van der Waals surface area contributed by atoms with Gasteiger partial charge in [0.25, 0.3) is 0 Å². The Hall–Kier alpha value is 1.55. The summed E-state index contributed by atoms with van der Waals surface area (Å²) in [5.74, 6) is 3.15. The number of ether oxygens (including phenoxy) is 2. The van der Waals surface area contributed by atoms with Gasteiger partial charge >= 0.3 is 37.7 Å². The summed E-state index contributed by atoms with van der Waals surface area (Å²) in [6, 6.07) is 0. The van der Waals surface area contributed by atoms with E-state index in [1.807, 2.05) is 0 Å². The Morgan fingerprint density at radius 3 is 1.03 bits per heavy atom. The topological polar surface area (TPSA) is 18.5 Å².